The van der Waals surface area contributed by atoms with Gasteiger partial charge in [-0.05, 0) is 10.9 Å². The molecule has 1 atom stereocenters. The zero-order chi connectivity index (χ0) is 6.41. The minimum atomic E-state index is 0. The van der Waals surface area contributed by atoms with Crippen molar-refractivity contribution in [1.82, 2.24) is 0 Å². The fourth-order valence-corrected chi connectivity index (χ4v) is 2.83. The monoisotopic (exact) mass is 278 g/mol. The maximum atomic E-state index is 8.45. The molecule has 58 valence electrons. The Morgan fingerprint density at radius 2 is 2.00 bits per heavy atom. The Hall–Kier alpha value is 1.27. The second kappa shape index (κ2) is 9.27. The topological polar surface area (TPSA) is 20.2 Å². The van der Waals surface area contributed by atoms with Crippen molar-refractivity contribution in [3.63, 3.8) is 0 Å². The van der Waals surface area contributed by atoms with Crippen molar-refractivity contribution in [3.05, 3.63) is 0 Å². The predicted octanol–water partition coefficient (Wildman–Crippen LogP) is -2.37. The third-order valence-corrected chi connectivity index (χ3v) is 3.57. The van der Waals surface area contributed by atoms with Crippen LogP contribution in [0.3, 0.4) is 0 Å². The van der Waals surface area contributed by atoms with Crippen LogP contribution in [0.5, 0.6) is 0 Å². The fraction of sp³-hybridized carbons (Fsp3) is 1.00. The molecule has 0 saturated carbocycles. The summed E-state index contributed by atoms with van der Waals surface area (Å²) in [6.07, 6.45) is 2.18. The van der Waals surface area contributed by atoms with Gasteiger partial charge in [0.15, 0.2) is 0 Å². The van der Waals surface area contributed by atoms with Gasteiger partial charge in [0.05, 0.1) is 12.9 Å². The minimum absolute atomic E-state index is 0. The van der Waals surface area contributed by atoms with E-state index >= 15 is 0 Å². The average Bonchev–Trinajstić information content (AvgIpc) is 1.68. The molecule has 0 spiro atoms. The molecule has 0 amide bonds. The second-order valence-corrected chi connectivity index (χ2v) is 4.77. The van der Waals surface area contributed by atoms with E-state index in [1.165, 1.54) is 5.75 Å². The average molecular weight is 280 g/mol. The van der Waals surface area contributed by atoms with Crippen molar-refractivity contribution in [1.29, 1.82) is 0 Å². The summed E-state index contributed by atoms with van der Waals surface area (Å²) in [6, 6.07) is 0. The van der Waals surface area contributed by atoms with Gasteiger partial charge in [-0.25, -0.2) is 0 Å². The molecule has 0 radical (unpaired) electrons. The van der Waals surface area contributed by atoms with E-state index in [4.69, 9.17) is 5.11 Å². The van der Waals surface area contributed by atoms with Crippen molar-refractivity contribution >= 4 is 26.8 Å². The molecule has 0 aliphatic heterocycles. The summed E-state index contributed by atoms with van der Waals surface area (Å²) in [7, 11) is 0.433. The van der Waals surface area contributed by atoms with E-state index in [0.717, 1.165) is 11.1 Å². The Labute approximate surface area is 78.5 Å². The molecule has 0 bridgehead atoms. The van der Waals surface area contributed by atoms with Gasteiger partial charge in [-0.15, -0.1) is 0 Å². The number of hydrogen-bond donors (Lipinski definition) is 1. The largest absolute Gasteiger partial charge is 1.00 e. The number of aliphatic hydroxyl groups excluding tert-OH is 1. The van der Waals surface area contributed by atoms with Gasteiger partial charge in [0.1, 0.15) is 11.5 Å². The van der Waals surface area contributed by atoms with Gasteiger partial charge in [-0.2, -0.15) is 0 Å². The fourth-order valence-electron chi connectivity index (χ4n) is 0.390. The molecule has 0 aromatic heterocycles. The Morgan fingerprint density at radius 3 is 2.33 bits per heavy atom. The van der Waals surface area contributed by atoms with Gasteiger partial charge in [-0.1, -0.05) is 15.9 Å². The van der Waals surface area contributed by atoms with Crippen LogP contribution >= 0.6 is 15.9 Å². The molecular formula is C5H12Br2OS. The first kappa shape index (κ1) is 12.9. The molecule has 0 rings (SSSR count). The minimum Gasteiger partial charge on any atom is -1.00 e. The molecular weight excluding hydrogens is 268 g/mol. The van der Waals surface area contributed by atoms with Crippen molar-refractivity contribution in [2.75, 3.05) is 29.7 Å². The zero-order valence-corrected chi connectivity index (χ0v) is 9.43. The quantitative estimate of drug-likeness (QED) is 0.451. The predicted molar refractivity (Wildman–Crippen MR) is 43.9 cm³/mol. The molecule has 0 aromatic rings. The Morgan fingerprint density at radius 1 is 1.44 bits per heavy atom. The standard InChI is InChI=1S/C5H12BrOS.BrH/c1-8(4-2-6)5-3-7;/h7H,2-5H2,1H3;1H/q+1;/p-1. The molecule has 0 aliphatic rings. The first-order valence-corrected chi connectivity index (χ1v) is 5.66. The third kappa shape index (κ3) is 9.27. The molecule has 4 heteroatoms. The van der Waals surface area contributed by atoms with Crippen LogP contribution in [-0.2, 0) is 10.9 Å². The van der Waals surface area contributed by atoms with Gasteiger partial charge in [0.2, 0.25) is 0 Å². The summed E-state index contributed by atoms with van der Waals surface area (Å²) in [5.41, 5.74) is 0. The van der Waals surface area contributed by atoms with E-state index in [1.807, 2.05) is 0 Å². The van der Waals surface area contributed by atoms with Crippen molar-refractivity contribution in [3.8, 4) is 0 Å². The van der Waals surface area contributed by atoms with Crippen molar-refractivity contribution in [2.45, 2.75) is 0 Å². The van der Waals surface area contributed by atoms with Gasteiger partial charge in [0.25, 0.3) is 0 Å². The number of alkyl halides is 1. The van der Waals surface area contributed by atoms with Gasteiger partial charge < -0.3 is 22.1 Å². The molecule has 1 nitrogen and oxygen atoms in total. The number of halogens is 2. The highest BCUT2D eigenvalue weighted by molar-refractivity contribution is 9.09. The Bertz CT molecular complexity index is 48.2. The third-order valence-electron chi connectivity index (χ3n) is 0.865. The molecule has 0 fully saturated rings. The van der Waals surface area contributed by atoms with Gasteiger partial charge in [-0.3, -0.25) is 0 Å². The lowest BCUT2D eigenvalue weighted by molar-refractivity contribution is -0.00000282. The summed E-state index contributed by atoms with van der Waals surface area (Å²) >= 11 is 3.35. The van der Waals surface area contributed by atoms with E-state index < -0.39 is 0 Å². The lowest BCUT2D eigenvalue weighted by atomic mass is 10.9. The summed E-state index contributed by atoms with van der Waals surface area (Å²) in [5.74, 6) is 2.16. The van der Waals surface area contributed by atoms with Crippen molar-refractivity contribution < 1.29 is 22.1 Å². The van der Waals surface area contributed by atoms with Crippen LogP contribution in [0.2, 0.25) is 0 Å². The maximum absolute atomic E-state index is 8.45. The Balaban J connectivity index is 0. The summed E-state index contributed by atoms with van der Waals surface area (Å²) in [6.45, 7) is 0.340. The molecule has 1 unspecified atom stereocenters. The van der Waals surface area contributed by atoms with E-state index in [1.54, 1.807) is 0 Å². The first-order chi connectivity index (χ1) is 3.81. The molecule has 0 saturated heterocycles. The summed E-state index contributed by atoms with van der Waals surface area (Å²) < 4.78 is 0. The highest BCUT2D eigenvalue weighted by Crippen LogP contribution is 1.92. The van der Waals surface area contributed by atoms with Gasteiger partial charge in [0, 0.05) is 5.33 Å². The molecule has 0 aliphatic carbocycles. The smallest absolute Gasteiger partial charge is 0.130 e. The van der Waals surface area contributed by atoms with Gasteiger partial charge >= 0.3 is 0 Å². The summed E-state index contributed by atoms with van der Waals surface area (Å²) in [5, 5.41) is 9.52. The number of aliphatic hydroxyl groups is 1. The highest BCUT2D eigenvalue weighted by Gasteiger charge is 2.06. The van der Waals surface area contributed by atoms with Crippen LogP contribution in [0.1, 0.15) is 0 Å². The second-order valence-electron chi connectivity index (χ2n) is 1.60. The number of rotatable bonds is 4. The Kier molecular flexibility index (Phi) is 13.3. The van der Waals surface area contributed by atoms with Crippen LogP contribution in [-0.4, -0.2) is 34.8 Å². The molecule has 9 heavy (non-hydrogen) atoms. The highest BCUT2D eigenvalue weighted by atomic mass is 79.9. The number of hydrogen-bond acceptors (Lipinski definition) is 1. The zero-order valence-electron chi connectivity index (χ0n) is 5.44. The van der Waals surface area contributed by atoms with Crippen molar-refractivity contribution in [2.24, 2.45) is 0 Å². The summed E-state index contributed by atoms with van der Waals surface area (Å²) in [4.78, 5) is 0. The van der Waals surface area contributed by atoms with E-state index in [-0.39, 0.29) is 17.0 Å². The van der Waals surface area contributed by atoms with Crippen LogP contribution < -0.4 is 17.0 Å². The van der Waals surface area contributed by atoms with Crippen LogP contribution in [0.15, 0.2) is 0 Å². The molecule has 0 aromatic carbocycles. The van der Waals surface area contributed by atoms with Crippen LogP contribution in [0, 0.1) is 0 Å². The lowest BCUT2D eigenvalue weighted by Crippen LogP contribution is -3.00. The van der Waals surface area contributed by atoms with E-state index in [9.17, 15) is 0 Å². The first-order valence-electron chi connectivity index (χ1n) is 2.57. The molecule has 1 N–H and O–H groups in total. The van der Waals surface area contributed by atoms with Crippen LogP contribution in [0.25, 0.3) is 0 Å². The normalized spacial score (nSPS) is 12.3. The van der Waals surface area contributed by atoms with E-state index in [0.29, 0.717) is 17.5 Å². The van der Waals surface area contributed by atoms with Crippen LogP contribution in [0.4, 0.5) is 0 Å². The lowest BCUT2D eigenvalue weighted by Gasteiger charge is -1.95. The van der Waals surface area contributed by atoms with E-state index in [2.05, 4.69) is 22.2 Å². The molecule has 0 heterocycles. The SMILES string of the molecule is C[S+](CCO)CCBr.[Br-]. The maximum Gasteiger partial charge on any atom is 0.130 e.